The van der Waals surface area contributed by atoms with Crippen LogP contribution in [-0.4, -0.2) is 14.6 Å². The first kappa shape index (κ1) is 12.4. The third kappa shape index (κ3) is 2.04. The smallest absolute Gasteiger partial charge is 0.175 e. The molecule has 0 amide bonds. The van der Waals surface area contributed by atoms with Crippen molar-refractivity contribution in [1.82, 2.24) is 14.6 Å². The van der Waals surface area contributed by atoms with Crippen LogP contribution in [0.3, 0.4) is 0 Å². The second kappa shape index (κ2) is 4.79. The number of nitrogens with one attached hydrogen (secondary N) is 1. The molecule has 0 fully saturated rings. The fourth-order valence-electron chi connectivity index (χ4n) is 1.79. The van der Waals surface area contributed by atoms with Crippen LogP contribution in [0, 0.1) is 17.1 Å². The summed E-state index contributed by atoms with van der Waals surface area (Å²) in [6.07, 6.45) is 3.00. The molecule has 0 aliphatic carbocycles. The molecule has 0 spiro atoms. The Morgan fingerprint density at radius 1 is 1.35 bits per heavy atom. The lowest BCUT2D eigenvalue weighted by atomic mass is 10.3. The van der Waals surface area contributed by atoms with E-state index in [-0.39, 0.29) is 5.02 Å². The van der Waals surface area contributed by atoms with Crippen LogP contribution >= 0.6 is 11.6 Å². The predicted octanol–water partition coefficient (Wildman–Crippen LogP) is 3.14. The fourth-order valence-corrected chi connectivity index (χ4v) is 1.97. The second-order valence-electron chi connectivity index (χ2n) is 3.99. The number of fused-ring (bicyclic) bond motifs is 1. The molecule has 7 heteroatoms. The number of hydrogen-bond donors (Lipinski definition) is 1. The van der Waals surface area contributed by atoms with Crippen molar-refractivity contribution >= 4 is 28.8 Å². The van der Waals surface area contributed by atoms with Crippen LogP contribution < -0.4 is 5.32 Å². The molecule has 20 heavy (non-hydrogen) atoms. The third-order valence-electron chi connectivity index (χ3n) is 2.71. The topological polar surface area (TPSA) is 66.0 Å². The minimum Gasteiger partial charge on any atom is -0.340 e. The Labute approximate surface area is 118 Å². The quantitative estimate of drug-likeness (QED) is 0.786. The van der Waals surface area contributed by atoms with E-state index in [0.29, 0.717) is 22.7 Å². The highest BCUT2D eigenvalue weighted by Crippen LogP contribution is 2.23. The number of rotatable bonds is 2. The van der Waals surface area contributed by atoms with Crippen LogP contribution in [0.1, 0.15) is 5.56 Å². The summed E-state index contributed by atoms with van der Waals surface area (Å²) in [7, 11) is 0. The van der Waals surface area contributed by atoms with Gasteiger partial charge in [0.05, 0.1) is 11.2 Å². The average molecular weight is 288 g/mol. The molecule has 0 radical (unpaired) electrons. The molecular weight excluding hydrogens is 281 g/mol. The first-order chi connectivity index (χ1) is 9.69. The maximum atomic E-state index is 13.1. The highest BCUT2D eigenvalue weighted by atomic mass is 35.5. The minimum atomic E-state index is -0.483. The lowest BCUT2D eigenvalue weighted by Gasteiger charge is -2.08. The molecule has 1 N–H and O–H groups in total. The third-order valence-corrected chi connectivity index (χ3v) is 3.00. The fraction of sp³-hybridized carbons (Fsp3) is 0. The van der Waals surface area contributed by atoms with E-state index in [1.54, 1.807) is 18.3 Å². The van der Waals surface area contributed by atoms with Crippen molar-refractivity contribution in [2.24, 2.45) is 0 Å². The van der Waals surface area contributed by atoms with Gasteiger partial charge in [-0.1, -0.05) is 11.6 Å². The zero-order valence-corrected chi connectivity index (χ0v) is 10.8. The van der Waals surface area contributed by atoms with E-state index in [9.17, 15) is 4.39 Å². The van der Waals surface area contributed by atoms with Crippen molar-refractivity contribution in [2.45, 2.75) is 0 Å². The summed E-state index contributed by atoms with van der Waals surface area (Å²) in [4.78, 5) is 4.10. The van der Waals surface area contributed by atoms with Crippen LogP contribution in [0.5, 0.6) is 0 Å². The summed E-state index contributed by atoms with van der Waals surface area (Å²) in [5.74, 6) is 0.113. The second-order valence-corrected chi connectivity index (χ2v) is 4.40. The Hall–Kier alpha value is -2.65. The number of anilines is 2. The Morgan fingerprint density at radius 3 is 2.95 bits per heavy atom. The van der Waals surface area contributed by atoms with Crippen molar-refractivity contribution < 1.29 is 4.39 Å². The van der Waals surface area contributed by atoms with E-state index in [1.807, 2.05) is 6.07 Å². The Kier molecular flexibility index (Phi) is 2.97. The number of halogens is 2. The maximum absolute atomic E-state index is 13.1. The Balaban J connectivity index is 2.04. The van der Waals surface area contributed by atoms with Crippen molar-refractivity contribution in [3.05, 3.63) is 53.1 Å². The summed E-state index contributed by atoms with van der Waals surface area (Å²) in [5, 5.41) is 16.1. The standard InChI is InChI=1S/C13H7ClFN5/c14-10-5-9(1-2-11(10)15)19-12-3-4-17-13-8(6-16)7-18-20(12)13/h1-5,7,19H. The van der Waals surface area contributed by atoms with Gasteiger partial charge in [0.1, 0.15) is 23.3 Å². The van der Waals surface area contributed by atoms with E-state index in [0.717, 1.165) is 0 Å². The van der Waals surface area contributed by atoms with Crippen LogP contribution in [0.15, 0.2) is 36.7 Å². The molecule has 0 saturated carbocycles. The summed E-state index contributed by atoms with van der Waals surface area (Å²) in [6, 6.07) is 8.00. The maximum Gasteiger partial charge on any atom is 0.175 e. The number of hydrogen-bond acceptors (Lipinski definition) is 4. The van der Waals surface area contributed by atoms with Crippen molar-refractivity contribution in [1.29, 1.82) is 5.26 Å². The average Bonchev–Trinajstić information content (AvgIpc) is 2.87. The predicted molar refractivity (Wildman–Crippen MR) is 72.4 cm³/mol. The molecule has 0 aliphatic rings. The SMILES string of the molecule is N#Cc1cnn2c(Nc3ccc(F)c(Cl)c3)ccnc12. The molecule has 3 aromatic rings. The van der Waals surface area contributed by atoms with Gasteiger partial charge in [0, 0.05) is 11.9 Å². The first-order valence-electron chi connectivity index (χ1n) is 5.64. The molecule has 0 atom stereocenters. The highest BCUT2D eigenvalue weighted by molar-refractivity contribution is 6.31. The zero-order valence-electron chi connectivity index (χ0n) is 10.0. The van der Waals surface area contributed by atoms with Gasteiger partial charge in [-0.25, -0.2) is 9.37 Å². The molecule has 2 heterocycles. The zero-order chi connectivity index (χ0) is 14.1. The van der Waals surface area contributed by atoms with Crippen molar-refractivity contribution in [3.8, 4) is 6.07 Å². The van der Waals surface area contributed by atoms with Gasteiger partial charge in [-0.05, 0) is 24.3 Å². The van der Waals surface area contributed by atoms with E-state index in [1.165, 1.54) is 22.8 Å². The number of nitrogens with zero attached hydrogens (tertiary/aromatic N) is 4. The van der Waals surface area contributed by atoms with Gasteiger partial charge in [-0.2, -0.15) is 14.9 Å². The summed E-state index contributed by atoms with van der Waals surface area (Å²) >= 11 is 5.73. The summed E-state index contributed by atoms with van der Waals surface area (Å²) in [6.45, 7) is 0. The van der Waals surface area contributed by atoms with E-state index in [2.05, 4.69) is 15.4 Å². The van der Waals surface area contributed by atoms with Gasteiger partial charge in [0.2, 0.25) is 0 Å². The van der Waals surface area contributed by atoms with E-state index < -0.39 is 5.82 Å². The van der Waals surface area contributed by atoms with Crippen LogP contribution in [-0.2, 0) is 0 Å². The number of aromatic nitrogens is 3. The lowest BCUT2D eigenvalue weighted by Crippen LogP contribution is -2.01. The normalized spacial score (nSPS) is 10.4. The summed E-state index contributed by atoms with van der Waals surface area (Å²) < 4.78 is 14.6. The van der Waals surface area contributed by atoms with Gasteiger partial charge in [0.15, 0.2) is 5.65 Å². The van der Waals surface area contributed by atoms with Gasteiger partial charge >= 0.3 is 0 Å². The van der Waals surface area contributed by atoms with E-state index in [4.69, 9.17) is 16.9 Å². The molecule has 3 rings (SSSR count). The van der Waals surface area contributed by atoms with Crippen molar-refractivity contribution in [2.75, 3.05) is 5.32 Å². The van der Waals surface area contributed by atoms with Crippen LogP contribution in [0.25, 0.3) is 5.65 Å². The molecule has 0 unspecified atom stereocenters. The summed E-state index contributed by atoms with van der Waals surface area (Å²) in [5.41, 5.74) is 1.44. The number of benzene rings is 1. The van der Waals surface area contributed by atoms with E-state index >= 15 is 0 Å². The monoisotopic (exact) mass is 287 g/mol. The van der Waals surface area contributed by atoms with Gasteiger partial charge in [-0.15, -0.1) is 0 Å². The Morgan fingerprint density at radius 2 is 2.20 bits per heavy atom. The van der Waals surface area contributed by atoms with Crippen LogP contribution in [0.2, 0.25) is 5.02 Å². The van der Waals surface area contributed by atoms with Gasteiger partial charge in [0.25, 0.3) is 0 Å². The molecule has 0 saturated heterocycles. The van der Waals surface area contributed by atoms with Gasteiger partial charge < -0.3 is 5.32 Å². The molecule has 0 bridgehead atoms. The molecule has 0 aliphatic heterocycles. The molecule has 5 nitrogen and oxygen atoms in total. The van der Waals surface area contributed by atoms with Gasteiger partial charge in [-0.3, -0.25) is 0 Å². The largest absolute Gasteiger partial charge is 0.340 e. The van der Waals surface area contributed by atoms with Crippen molar-refractivity contribution in [3.63, 3.8) is 0 Å². The Bertz CT molecular complexity index is 836. The lowest BCUT2D eigenvalue weighted by molar-refractivity contribution is 0.628. The molecular formula is C13H7ClFN5. The minimum absolute atomic E-state index is 0.0264. The van der Waals surface area contributed by atoms with Crippen LogP contribution in [0.4, 0.5) is 15.9 Å². The first-order valence-corrected chi connectivity index (χ1v) is 6.02. The molecule has 98 valence electrons. The highest BCUT2D eigenvalue weighted by Gasteiger charge is 2.09. The molecule has 1 aromatic carbocycles. The molecule has 2 aromatic heterocycles. The number of nitriles is 1.